The molecule has 8 rings (SSSR count). The third kappa shape index (κ3) is 8.18. The van der Waals surface area contributed by atoms with E-state index in [4.69, 9.17) is 38.8 Å². The zero-order valence-electron chi connectivity index (χ0n) is 29.3. The topological polar surface area (TPSA) is 152 Å². The predicted octanol–water partition coefficient (Wildman–Crippen LogP) is 8.42. The Labute approximate surface area is 314 Å². The van der Waals surface area contributed by atoms with Gasteiger partial charge in [0.05, 0.1) is 34.2 Å². The van der Waals surface area contributed by atoms with Crippen LogP contribution in [-0.4, -0.2) is 63.5 Å². The van der Waals surface area contributed by atoms with E-state index in [9.17, 15) is 13.6 Å². The third-order valence-electron chi connectivity index (χ3n) is 9.10. The number of nitrogens with two attached hydrogens (primary N) is 1. The Kier molecular flexibility index (Phi) is 10.2. The molecule has 3 N–H and O–H groups in total. The van der Waals surface area contributed by atoms with Crippen LogP contribution < -0.4 is 11.1 Å². The van der Waals surface area contributed by atoms with Crippen LogP contribution in [-0.2, 0) is 17.6 Å². The first-order valence-electron chi connectivity index (χ1n) is 17.3. The van der Waals surface area contributed by atoms with Gasteiger partial charge in [-0.3, -0.25) is 5.32 Å². The molecular weight excluding hydrogens is 725 g/mol. The molecule has 53 heavy (non-hydrogen) atoms. The molecule has 12 nitrogen and oxygen atoms in total. The molecule has 2 fully saturated rings. The number of nitrogens with zero attached hydrogens (tertiary/aromatic N) is 8. The lowest BCUT2D eigenvalue weighted by atomic mass is 9.91. The summed E-state index contributed by atoms with van der Waals surface area (Å²) in [6.45, 7) is 5.36. The van der Waals surface area contributed by atoms with Crippen LogP contribution in [0.3, 0.4) is 0 Å². The summed E-state index contributed by atoms with van der Waals surface area (Å²) in [4.78, 5) is 29.4. The van der Waals surface area contributed by atoms with Gasteiger partial charge < -0.3 is 10.5 Å². The number of amides is 1. The van der Waals surface area contributed by atoms with Crippen molar-refractivity contribution in [2.24, 2.45) is 0 Å². The number of fused-ring (bicyclic) bond motifs is 2. The van der Waals surface area contributed by atoms with Crippen molar-refractivity contribution >= 4 is 63.0 Å². The van der Waals surface area contributed by atoms with E-state index in [1.807, 2.05) is 42.5 Å². The second-order valence-corrected chi connectivity index (χ2v) is 15.2. The number of hydrogen-bond acceptors (Lipinski definition) is 9. The van der Waals surface area contributed by atoms with Crippen molar-refractivity contribution in [3.8, 4) is 0 Å². The highest BCUT2D eigenvalue weighted by atomic mass is 35.5. The average Bonchev–Trinajstić information content (AvgIpc) is 3.60. The Morgan fingerprint density at radius 2 is 1.30 bits per heavy atom. The smallest absolute Gasteiger partial charge is 0.413 e. The molecule has 2 aromatic carbocycles. The fourth-order valence-corrected chi connectivity index (χ4v) is 6.91. The van der Waals surface area contributed by atoms with E-state index in [2.05, 4.69) is 30.4 Å². The van der Waals surface area contributed by atoms with Crippen LogP contribution in [0.2, 0.25) is 10.0 Å². The van der Waals surface area contributed by atoms with Crippen molar-refractivity contribution in [3.05, 3.63) is 93.7 Å². The first-order valence-corrected chi connectivity index (χ1v) is 18.0. The number of rotatable bonds is 7. The van der Waals surface area contributed by atoms with Crippen LogP contribution in [0.15, 0.2) is 61.2 Å². The molecule has 0 aliphatic heterocycles. The molecule has 6 aromatic rings. The molecule has 4 aromatic heterocycles. The van der Waals surface area contributed by atoms with Crippen LogP contribution >= 0.6 is 23.2 Å². The minimum Gasteiger partial charge on any atom is -0.444 e. The van der Waals surface area contributed by atoms with Gasteiger partial charge in [0.1, 0.15) is 42.2 Å². The standard InChI is InChI=1S/C21H23ClFN5O2.C16H15ClFN5/c1-21(2,3)30-20(29)26-18-17-16(8-12-5-4-6-13(22)7-12)27-28(15-9-14(23)10-15)19(17)25-11-24-18;17-10-3-1-2-9(4-10)5-13-14-15(19)20-8-21-16(14)23(22-13)12-6-11(18)7-12/h4-7,11,14-15H,8-10H2,1-3H3,(H,24,25,26,29);1-4,8,11-12H,5-7H2,(H2,19,20,21). The molecule has 0 bridgehead atoms. The highest BCUT2D eigenvalue weighted by molar-refractivity contribution is 6.30. The molecule has 0 radical (unpaired) electrons. The molecule has 276 valence electrons. The van der Waals surface area contributed by atoms with Crippen molar-refractivity contribution in [2.45, 2.75) is 89.3 Å². The van der Waals surface area contributed by atoms with Gasteiger partial charge in [0.15, 0.2) is 11.3 Å². The normalized spacial score (nSPS) is 19.6. The van der Waals surface area contributed by atoms with E-state index in [-0.39, 0.29) is 12.1 Å². The van der Waals surface area contributed by atoms with Gasteiger partial charge in [-0.25, -0.2) is 42.9 Å². The number of ether oxygens (including phenoxy) is 1. The minimum absolute atomic E-state index is 0.0370. The fraction of sp³-hybridized carbons (Fsp3) is 0.378. The Morgan fingerprint density at radius 1 is 0.811 bits per heavy atom. The lowest BCUT2D eigenvalue weighted by Crippen LogP contribution is -2.29. The van der Waals surface area contributed by atoms with E-state index in [0.29, 0.717) is 82.6 Å². The summed E-state index contributed by atoms with van der Waals surface area (Å²) in [5.74, 6) is 0.711. The molecule has 2 aliphatic rings. The summed E-state index contributed by atoms with van der Waals surface area (Å²) in [7, 11) is 0. The van der Waals surface area contributed by atoms with Gasteiger partial charge in [-0.05, 0) is 56.2 Å². The van der Waals surface area contributed by atoms with Crippen LogP contribution in [0.1, 0.15) is 81.1 Å². The Bertz CT molecular complexity index is 2280. The maximum atomic E-state index is 13.5. The number of nitrogens with one attached hydrogen (secondary N) is 1. The van der Waals surface area contributed by atoms with Crippen LogP contribution in [0.25, 0.3) is 22.1 Å². The monoisotopic (exact) mass is 762 g/mol. The van der Waals surface area contributed by atoms with Gasteiger partial charge in [0.25, 0.3) is 0 Å². The highest BCUT2D eigenvalue weighted by Gasteiger charge is 2.35. The van der Waals surface area contributed by atoms with Crippen molar-refractivity contribution < 1.29 is 18.3 Å². The lowest BCUT2D eigenvalue weighted by molar-refractivity contribution is 0.0635. The minimum atomic E-state index is -0.827. The van der Waals surface area contributed by atoms with Crippen molar-refractivity contribution in [2.75, 3.05) is 11.1 Å². The fourth-order valence-electron chi connectivity index (χ4n) is 6.49. The first-order chi connectivity index (χ1) is 25.3. The number of carbonyl (C=O) groups excluding carboxylic acids is 1. The maximum Gasteiger partial charge on any atom is 0.413 e. The zero-order valence-corrected chi connectivity index (χ0v) is 30.8. The number of aromatic nitrogens is 8. The Morgan fingerprint density at radius 3 is 1.79 bits per heavy atom. The van der Waals surface area contributed by atoms with Gasteiger partial charge in [-0.2, -0.15) is 10.2 Å². The number of alkyl halides is 2. The summed E-state index contributed by atoms with van der Waals surface area (Å²) in [6.07, 6.45) is 3.36. The van der Waals surface area contributed by atoms with Crippen molar-refractivity contribution in [1.29, 1.82) is 0 Å². The summed E-state index contributed by atoms with van der Waals surface area (Å²) in [5, 5.41) is 14.8. The largest absolute Gasteiger partial charge is 0.444 e. The molecule has 2 aliphatic carbocycles. The number of benzene rings is 2. The van der Waals surface area contributed by atoms with Gasteiger partial charge in [0, 0.05) is 48.6 Å². The first kappa shape index (κ1) is 36.4. The summed E-state index contributed by atoms with van der Waals surface area (Å²) in [6, 6.07) is 15.1. The van der Waals surface area contributed by atoms with E-state index in [1.54, 1.807) is 36.2 Å². The number of carbonyl (C=O) groups is 1. The summed E-state index contributed by atoms with van der Waals surface area (Å²) in [5.41, 5.74) is 10.1. The molecule has 2 saturated carbocycles. The summed E-state index contributed by atoms with van der Waals surface area (Å²) < 4.78 is 35.6. The molecule has 16 heteroatoms. The predicted molar refractivity (Wildman–Crippen MR) is 200 cm³/mol. The molecule has 1 amide bonds. The molecule has 4 heterocycles. The summed E-state index contributed by atoms with van der Waals surface area (Å²) >= 11 is 12.2. The van der Waals surface area contributed by atoms with Crippen molar-refractivity contribution in [1.82, 2.24) is 39.5 Å². The number of anilines is 2. The Balaban J connectivity index is 0.000000170. The van der Waals surface area contributed by atoms with Gasteiger partial charge >= 0.3 is 6.09 Å². The van der Waals surface area contributed by atoms with Gasteiger partial charge in [-0.1, -0.05) is 47.5 Å². The quantitative estimate of drug-likeness (QED) is 0.163. The molecule has 0 atom stereocenters. The Hall–Kier alpha value is -4.95. The third-order valence-corrected chi connectivity index (χ3v) is 9.57. The maximum absolute atomic E-state index is 13.5. The molecule has 0 saturated heterocycles. The van der Waals surface area contributed by atoms with Gasteiger partial charge in [0.2, 0.25) is 0 Å². The number of hydrogen-bond donors (Lipinski definition) is 2. The van der Waals surface area contributed by atoms with E-state index in [1.165, 1.54) is 12.7 Å². The van der Waals surface area contributed by atoms with E-state index in [0.717, 1.165) is 22.2 Å². The van der Waals surface area contributed by atoms with Crippen molar-refractivity contribution in [3.63, 3.8) is 0 Å². The average molecular weight is 764 g/mol. The van der Waals surface area contributed by atoms with Crippen LogP contribution in [0.4, 0.5) is 25.2 Å². The second kappa shape index (κ2) is 14.8. The lowest BCUT2D eigenvalue weighted by Gasteiger charge is -2.29. The molecule has 0 unspecified atom stereocenters. The molecule has 0 spiro atoms. The second-order valence-electron chi connectivity index (χ2n) is 14.3. The SMILES string of the molecule is CC(C)(C)OC(=O)Nc1ncnc2c1c(Cc1cccc(Cl)c1)nn2C1CC(F)C1.Nc1ncnc2c1c(Cc1cccc(Cl)c1)nn2C1CC(F)C1. The van der Waals surface area contributed by atoms with Crippen LogP contribution in [0.5, 0.6) is 0 Å². The van der Waals surface area contributed by atoms with Gasteiger partial charge in [-0.15, -0.1) is 0 Å². The zero-order chi connectivity index (χ0) is 37.4. The number of halogens is 4. The van der Waals surface area contributed by atoms with E-state index < -0.39 is 24.0 Å². The van der Waals surface area contributed by atoms with Crippen LogP contribution in [0, 0.1) is 0 Å². The number of nitrogen functional groups attached to an aromatic ring is 1. The molecular formula is C37H38Cl2F2N10O2. The van der Waals surface area contributed by atoms with E-state index >= 15 is 0 Å². The highest BCUT2D eigenvalue weighted by Crippen LogP contribution is 2.39.